The zero-order valence-corrected chi connectivity index (χ0v) is 14.6. The zero-order valence-electron chi connectivity index (χ0n) is 14.6. The van der Waals surface area contributed by atoms with Crippen molar-refractivity contribution in [1.29, 1.82) is 0 Å². The standard InChI is InChI=1S/C20H19NO5/c1-13(2)11-12-25-15-9-7-14(8-10-15)20(24)26-21-18(22)16-5-3-4-6-17(16)19(21)23/h3-10,13H,11-12H2,1-2H3. The van der Waals surface area contributed by atoms with Crippen molar-refractivity contribution >= 4 is 17.8 Å². The molecule has 0 bridgehead atoms. The molecule has 0 saturated carbocycles. The van der Waals surface area contributed by atoms with Gasteiger partial charge in [0.2, 0.25) is 0 Å². The first kappa shape index (κ1) is 17.7. The fraction of sp³-hybridized carbons (Fsp3) is 0.250. The van der Waals surface area contributed by atoms with Gasteiger partial charge in [-0.15, -0.1) is 0 Å². The number of amides is 2. The smallest absolute Gasteiger partial charge is 0.363 e. The van der Waals surface area contributed by atoms with Crippen molar-refractivity contribution in [3.8, 4) is 5.75 Å². The van der Waals surface area contributed by atoms with E-state index >= 15 is 0 Å². The first-order chi connectivity index (χ1) is 12.5. The van der Waals surface area contributed by atoms with Crippen molar-refractivity contribution in [1.82, 2.24) is 5.06 Å². The molecule has 0 N–H and O–H groups in total. The van der Waals surface area contributed by atoms with E-state index in [2.05, 4.69) is 13.8 Å². The summed E-state index contributed by atoms with van der Waals surface area (Å²) >= 11 is 0. The van der Waals surface area contributed by atoms with Gasteiger partial charge in [0.05, 0.1) is 23.3 Å². The molecule has 0 saturated heterocycles. The van der Waals surface area contributed by atoms with Crippen molar-refractivity contribution in [2.45, 2.75) is 20.3 Å². The van der Waals surface area contributed by atoms with E-state index in [0.717, 1.165) is 6.42 Å². The minimum Gasteiger partial charge on any atom is -0.494 e. The molecule has 0 aliphatic carbocycles. The van der Waals surface area contributed by atoms with Crippen molar-refractivity contribution in [3.05, 3.63) is 65.2 Å². The van der Waals surface area contributed by atoms with Crippen molar-refractivity contribution in [3.63, 3.8) is 0 Å². The lowest BCUT2D eigenvalue weighted by Gasteiger charge is -2.13. The molecule has 6 nitrogen and oxygen atoms in total. The Morgan fingerprint density at radius 1 is 0.962 bits per heavy atom. The molecular formula is C20H19NO5. The molecular weight excluding hydrogens is 334 g/mol. The molecule has 1 heterocycles. The molecule has 1 aliphatic heterocycles. The number of rotatable bonds is 6. The minimum atomic E-state index is -0.784. The van der Waals surface area contributed by atoms with E-state index in [-0.39, 0.29) is 16.7 Å². The molecule has 2 aromatic carbocycles. The third kappa shape index (κ3) is 3.59. The first-order valence-electron chi connectivity index (χ1n) is 8.40. The van der Waals surface area contributed by atoms with Crippen LogP contribution in [0.2, 0.25) is 0 Å². The van der Waals surface area contributed by atoms with E-state index in [1.54, 1.807) is 24.3 Å². The number of ether oxygens (including phenoxy) is 1. The zero-order chi connectivity index (χ0) is 18.7. The number of hydrogen-bond donors (Lipinski definition) is 0. The molecule has 0 atom stereocenters. The first-order valence-corrected chi connectivity index (χ1v) is 8.40. The van der Waals surface area contributed by atoms with Crippen LogP contribution in [0.5, 0.6) is 5.75 Å². The van der Waals surface area contributed by atoms with Crippen LogP contribution in [-0.2, 0) is 4.84 Å². The molecule has 2 amide bonds. The Morgan fingerprint density at radius 3 is 2.08 bits per heavy atom. The topological polar surface area (TPSA) is 72.9 Å². The van der Waals surface area contributed by atoms with Crippen LogP contribution < -0.4 is 4.74 Å². The van der Waals surface area contributed by atoms with E-state index < -0.39 is 17.8 Å². The van der Waals surface area contributed by atoms with Crippen LogP contribution in [0.1, 0.15) is 51.3 Å². The number of nitrogens with zero attached hydrogens (tertiary/aromatic N) is 1. The molecule has 0 radical (unpaired) electrons. The molecule has 2 aromatic rings. The molecule has 0 spiro atoms. The minimum absolute atomic E-state index is 0.220. The second-order valence-electron chi connectivity index (χ2n) is 6.38. The molecule has 1 aliphatic rings. The Balaban J connectivity index is 1.64. The van der Waals surface area contributed by atoms with Gasteiger partial charge in [-0.25, -0.2) is 4.79 Å². The van der Waals surface area contributed by atoms with Gasteiger partial charge in [0.1, 0.15) is 5.75 Å². The molecule has 134 valence electrons. The molecule has 0 fully saturated rings. The SMILES string of the molecule is CC(C)CCOc1ccc(C(=O)ON2C(=O)c3ccccc3C2=O)cc1. The Hall–Kier alpha value is -3.15. The second kappa shape index (κ2) is 7.39. The average molecular weight is 353 g/mol. The van der Waals surface area contributed by atoms with Gasteiger partial charge < -0.3 is 9.57 Å². The van der Waals surface area contributed by atoms with Crippen molar-refractivity contribution in [2.75, 3.05) is 6.61 Å². The monoisotopic (exact) mass is 353 g/mol. The van der Waals surface area contributed by atoms with Gasteiger partial charge in [0.25, 0.3) is 11.8 Å². The van der Waals surface area contributed by atoms with E-state index in [4.69, 9.17) is 9.57 Å². The normalized spacial score (nSPS) is 13.1. The number of hydrogen-bond acceptors (Lipinski definition) is 5. The van der Waals surface area contributed by atoms with Crippen LogP contribution in [-0.4, -0.2) is 29.5 Å². The molecule has 26 heavy (non-hydrogen) atoms. The number of carbonyl (C=O) groups excluding carboxylic acids is 3. The van der Waals surface area contributed by atoms with Gasteiger partial charge in [0, 0.05) is 0 Å². The molecule has 0 aromatic heterocycles. The third-order valence-corrected chi connectivity index (χ3v) is 3.98. The van der Waals surface area contributed by atoms with Gasteiger partial charge >= 0.3 is 5.97 Å². The predicted octanol–water partition coefficient (Wildman–Crippen LogP) is 3.48. The lowest BCUT2D eigenvalue weighted by atomic mass is 10.1. The molecule has 0 unspecified atom stereocenters. The van der Waals surface area contributed by atoms with E-state index in [1.807, 2.05) is 0 Å². The summed E-state index contributed by atoms with van der Waals surface area (Å²) in [5.41, 5.74) is 0.663. The summed E-state index contributed by atoms with van der Waals surface area (Å²) < 4.78 is 5.59. The fourth-order valence-corrected chi connectivity index (χ4v) is 2.49. The Kier molecular flexibility index (Phi) is 5.02. The van der Waals surface area contributed by atoms with E-state index in [1.165, 1.54) is 24.3 Å². The lowest BCUT2D eigenvalue weighted by molar-refractivity contribution is -0.0584. The maximum Gasteiger partial charge on any atom is 0.363 e. The summed E-state index contributed by atoms with van der Waals surface area (Å²) in [7, 11) is 0. The highest BCUT2D eigenvalue weighted by molar-refractivity contribution is 6.21. The third-order valence-electron chi connectivity index (χ3n) is 3.98. The van der Waals surface area contributed by atoms with Gasteiger partial charge in [0.15, 0.2) is 0 Å². The van der Waals surface area contributed by atoms with Crippen LogP contribution in [0, 0.1) is 5.92 Å². The number of benzene rings is 2. The van der Waals surface area contributed by atoms with Gasteiger partial charge in [-0.05, 0) is 48.7 Å². The Morgan fingerprint density at radius 2 is 1.54 bits per heavy atom. The summed E-state index contributed by atoms with van der Waals surface area (Å²) in [4.78, 5) is 41.7. The number of imide groups is 1. The summed E-state index contributed by atoms with van der Waals surface area (Å²) in [6.45, 7) is 4.82. The quantitative estimate of drug-likeness (QED) is 0.744. The lowest BCUT2D eigenvalue weighted by Crippen LogP contribution is -2.32. The highest BCUT2D eigenvalue weighted by atomic mass is 16.7. The largest absolute Gasteiger partial charge is 0.494 e. The van der Waals surface area contributed by atoms with E-state index in [9.17, 15) is 14.4 Å². The number of carbonyl (C=O) groups is 3. The highest BCUT2D eigenvalue weighted by Gasteiger charge is 2.38. The van der Waals surface area contributed by atoms with Crippen molar-refractivity contribution < 1.29 is 24.0 Å². The summed E-state index contributed by atoms with van der Waals surface area (Å²) in [5.74, 6) is -0.889. The van der Waals surface area contributed by atoms with Gasteiger partial charge in [-0.3, -0.25) is 9.59 Å². The number of hydroxylamine groups is 2. The molecule has 3 rings (SSSR count). The number of fused-ring (bicyclic) bond motifs is 1. The van der Waals surface area contributed by atoms with Gasteiger partial charge in [-0.2, -0.15) is 0 Å². The average Bonchev–Trinajstić information content (AvgIpc) is 2.87. The maximum atomic E-state index is 12.2. The predicted molar refractivity (Wildman–Crippen MR) is 93.7 cm³/mol. The van der Waals surface area contributed by atoms with Crippen LogP contribution in [0.15, 0.2) is 48.5 Å². The summed E-state index contributed by atoms with van der Waals surface area (Å²) in [5, 5.41) is 0.500. The van der Waals surface area contributed by atoms with Crippen LogP contribution in [0.4, 0.5) is 0 Å². The van der Waals surface area contributed by atoms with Crippen LogP contribution in [0.3, 0.4) is 0 Å². The maximum absolute atomic E-state index is 12.2. The second-order valence-corrected chi connectivity index (χ2v) is 6.38. The van der Waals surface area contributed by atoms with Crippen LogP contribution in [0.25, 0.3) is 0 Å². The Labute approximate surface area is 151 Å². The molecule has 6 heteroatoms. The Bertz CT molecular complexity index is 807. The summed E-state index contributed by atoms with van der Waals surface area (Å²) in [6.07, 6.45) is 0.934. The van der Waals surface area contributed by atoms with E-state index in [0.29, 0.717) is 23.3 Å². The van der Waals surface area contributed by atoms with Crippen LogP contribution >= 0.6 is 0 Å². The fourth-order valence-electron chi connectivity index (χ4n) is 2.49. The summed E-state index contributed by atoms with van der Waals surface area (Å²) in [6, 6.07) is 12.7. The highest BCUT2D eigenvalue weighted by Crippen LogP contribution is 2.23. The van der Waals surface area contributed by atoms with Crippen molar-refractivity contribution in [2.24, 2.45) is 5.92 Å². The van der Waals surface area contributed by atoms with Gasteiger partial charge in [-0.1, -0.05) is 31.0 Å².